The molecular formula is C15H16N4O2S. The number of aromatic nitrogens is 4. The lowest BCUT2D eigenvalue weighted by Gasteiger charge is -2.07. The first-order valence-corrected chi connectivity index (χ1v) is 7.89. The van der Waals surface area contributed by atoms with Crippen LogP contribution in [0.3, 0.4) is 0 Å². The number of hydrogen-bond donors (Lipinski definition) is 0. The van der Waals surface area contributed by atoms with E-state index in [1.807, 2.05) is 24.3 Å². The summed E-state index contributed by atoms with van der Waals surface area (Å²) in [5.41, 5.74) is 2.66. The SMILES string of the molecule is CCn1c2ccccc2c2nnc(S[C@@H](C)C(=O)OC)nc21. The summed E-state index contributed by atoms with van der Waals surface area (Å²) in [7, 11) is 1.37. The highest BCUT2D eigenvalue weighted by molar-refractivity contribution is 8.00. The number of thioether (sulfide) groups is 1. The van der Waals surface area contributed by atoms with Crippen LogP contribution in [0.4, 0.5) is 0 Å². The van der Waals surface area contributed by atoms with Crippen LogP contribution in [0, 0.1) is 0 Å². The smallest absolute Gasteiger partial charge is 0.318 e. The van der Waals surface area contributed by atoms with Gasteiger partial charge in [-0.1, -0.05) is 30.0 Å². The Hall–Kier alpha value is -2.15. The monoisotopic (exact) mass is 316 g/mol. The molecule has 0 aliphatic heterocycles. The van der Waals surface area contributed by atoms with Gasteiger partial charge >= 0.3 is 5.97 Å². The molecule has 6 nitrogen and oxygen atoms in total. The summed E-state index contributed by atoms with van der Waals surface area (Å²) < 4.78 is 6.83. The van der Waals surface area contributed by atoms with E-state index in [0.717, 1.165) is 28.6 Å². The van der Waals surface area contributed by atoms with Crippen molar-refractivity contribution in [2.45, 2.75) is 30.8 Å². The first-order valence-electron chi connectivity index (χ1n) is 7.01. The van der Waals surface area contributed by atoms with Crippen LogP contribution in [0.15, 0.2) is 29.4 Å². The van der Waals surface area contributed by atoms with Crippen LogP contribution in [0.5, 0.6) is 0 Å². The van der Waals surface area contributed by atoms with E-state index in [4.69, 9.17) is 4.74 Å². The fraction of sp³-hybridized carbons (Fsp3) is 0.333. The maximum atomic E-state index is 11.5. The molecule has 0 N–H and O–H groups in total. The summed E-state index contributed by atoms with van der Waals surface area (Å²) in [5, 5.41) is 9.59. The van der Waals surface area contributed by atoms with Crippen LogP contribution in [0.25, 0.3) is 22.1 Å². The van der Waals surface area contributed by atoms with Gasteiger partial charge in [-0.15, -0.1) is 10.2 Å². The number of para-hydroxylation sites is 1. The number of carbonyl (C=O) groups is 1. The van der Waals surface area contributed by atoms with Gasteiger partial charge in [0.2, 0.25) is 5.16 Å². The predicted octanol–water partition coefficient (Wildman–Crippen LogP) is 2.65. The van der Waals surface area contributed by atoms with Crippen molar-refractivity contribution >= 4 is 39.8 Å². The Bertz CT molecular complexity index is 846. The number of benzene rings is 1. The van der Waals surface area contributed by atoms with Crippen molar-refractivity contribution in [3.63, 3.8) is 0 Å². The summed E-state index contributed by atoms with van der Waals surface area (Å²) >= 11 is 1.25. The third-order valence-corrected chi connectivity index (χ3v) is 4.42. The highest BCUT2D eigenvalue weighted by Gasteiger charge is 2.19. The Morgan fingerprint density at radius 2 is 2.14 bits per heavy atom. The Labute approximate surface area is 131 Å². The van der Waals surface area contributed by atoms with Gasteiger partial charge in [-0.25, -0.2) is 4.98 Å². The molecule has 0 fully saturated rings. The predicted molar refractivity (Wildman–Crippen MR) is 85.8 cm³/mol. The van der Waals surface area contributed by atoms with Crippen LogP contribution < -0.4 is 0 Å². The van der Waals surface area contributed by atoms with Gasteiger partial charge in [0.25, 0.3) is 0 Å². The number of ether oxygens (including phenoxy) is 1. The molecule has 7 heteroatoms. The minimum Gasteiger partial charge on any atom is -0.468 e. The molecule has 0 radical (unpaired) electrons. The Morgan fingerprint density at radius 3 is 2.86 bits per heavy atom. The zero-order valence-corrected chi connectivity index (χ0v) is 13.4. The maximum absolute atomic E-state index is 11.5. The van der Waals surface area contributed by atoms with E-state index in [-0.39, 0.29) is 11.2 Å². The van der Waals surface area contributed by atoms with Crippen molar-refractivity contribution in [1.29, 1.82) is 0 Å². The molecule has 0 saturated carbocycles. The third kappa shape index (κ3) is 2.41. The molecule has 3 aromatic rings. The lowest BCUT2D eigenvalue weighted by Crippen LogP contribution is -2.15. The molecule has 1 aromatic carbocycles. The normalized spacial score (nSPS) is 12.7. The van der Waals surface area contributed by atoms with Gasteiger partial charge in [-0.3, -0.25) is 4.79 Å². The topological polar surface area (TPSA) is 69.9 Å². The summed E-state index contributed by atoms with van der Waals surface area (Å²) in [6.07, 6.45) is 0. The van der Waals surface area contributed by atoms with E-state index < -0.39 is 0 Å². The highest BCUT2D eigenvalue weighted by Crippen LogP contribution is 2.28. The van der Waals surface area contributed by atoms with E-state index in [1.165, 1.54) is 18.9 Å². The van der Waals surface area contributed by atoms with E-state index in [2.05, 4.69) is 26.7 Å². The van der Waals surface area contributed by atoms with Gasteiger partial charge in [0.1, 0.15) is 10.8 Å². The molecule has 0 amide bonds. The quantitative estimate of drug-likeness (QED) is 0.544. The van der Waals surface area contributed by atoms with Crippen molar-refractivity contribution in [3.05, 3.63) is 24.3 Å². The first-order chi connectivity index (χ1) is 10.7. The fourth-order valence-corrected chi connectivity index (χ4v) is 3.17. The van der Waals surface area contributed by atoms with Crippen molar-refractivity contribution < 1.29 is 9.53 Å². The molecule has 0 spiro atoms. The molecule has 22 heavy (non-hydrogen) atoms. The van der Waals surface area contributed by atoms with Gasteiger partial charge in [0, 0.05) is 11.9 Å². The lowest BCUT2D eigenvalue weighted by molar-refractivity contribution is -0.139. The van der Waals surface area contributed by atoms with Crippen LogP contribution in [0.2, 0.25) is 0 Å². The van der Waals surface area contributed by atoms with Crippen molar-refractivity contribution in [3.8, 4) is 0 Å². The van der Waals surface area contributed by atoms with Crippen molar-refractivity contribution in [2.24, 2.45) is 0 Å². The second-order valence-electron chi connectivity index (χ2n) is 4.81. The van der Waals surface area contributed by atoms with Gasteiger partial charge in [-0.05, 0) is 19.9 Å². The molecule has 0 saturated heterocycles. The first kappa shape index (κ1) is 14.8. The number of esters is 1. The molecule has 114 valence electrons. The fourth-order valence-electron chi connectivity index (χ4n) is 2.43. The Balaban J connectivity index is 2.09. The second-order valence-corrected chi connectivity index (χ2v) is 6.12. The van der Waals surface area contributed by atoms with Crippen LogP contribution >= 0.6 is 11.8 Å². The molecule has 0 aliphatic rings. The summed E-state index contributed by atoms with van der Waals surface area (Å²) in [6, 6.07) is 8.04. The number of fused-ring (bicyclic) bond motifs is 3. The van der Waals surface area contributed by atoms with Gasteiger partial charge in [0.05, 0.1) is 12.6 Å². The number of methoxy groups -OCH3 is 1. The molecule has 0 unspecified atom stereocenters. The Kier molecular flexibility index (Phi) is 3.98. The number of aryl methyl sites for hydroxylation is 1. The maximum Gasteiger partial charge on any atom is 0.318 e. The average molecular weight is 316 g/mol. The summed E-state index contributed by atoms with van der Waals surface area (Å²) in [6.45, 7) is 4.62. The number of carbonyl (C=O) groups excluding carboxylic acids is 1. The number of hydrogen-bond acceptors (Lipinski definition) is 6. The van der Waals surface area contributed by atoms with Crippen molar-refractivity contribution in [2.75, 3.05) is 7.11 Å². The average Bonchev–Trinajstić information content (AvgIpc) is 2.86. The number of nitrogens with zero attached hydrogens (tertiary/aromatic N) is 4. The minimum absolute atomic E-state index is 0.301. The highest BCUT2D eigenvalue weighted by atomic mass is 32.2. The third-order valence-electron chi connectivity index (χ3n) is 3.49. The molecule has 3 rings (SSSR count). The molecule has 0 bridgehead atoms. The standard InChI is InChI=1S/C15H16N4O2S/c1-4-19-11-8-6-5-7-10(11)12-13(19)16-15(18-17-12)22-9(2)14(20)21-3/h5-9H,4H2,1-3H3/t9-/m0/s1. The molecule has 2 aromatic heterocycles. The largest absolute Gasteiger partial charge is 0.468 e. The van der Waals surface area contributed by atoms with E-state index in [1.54, 1.807) is 6.92 Å². The van der Waals surface area contributed by atoms with Crippen LogP contribution in [-0.2, 0) is 16.1 Å². The number of rotatable bonds is 4. The Morgan fingerprint density at radius 1 is 1.36 bits per heavy atom. The van der Waals surface area contributed by atoms with Gasteiger partial charge < -0.3 is 9.30 Å². The van der Waals surface area contributed by atoms with E-state index in [9.17, 15) is 4.79 Å². The molecule has 2 heterocycles. The van der Waals surface area contributed by atoms with Crippen molar-refractivity contribution in [1.82, 2.24) is 19.7 Å². The van der Waals surface area contributed by atoms with E-state index in [0.29, 0.717) is 5.16 Å². The zero-order chi connectivity index (χ0) is 15.7. The van der Waals surface area contributed by atoms with Crippen LogP contribution in [0.1, 0.15) is 13.8 Å². The molecule has 0 aliphatic carbocycles. The second kappa shape index (κ2) is 5.92. The molecular weight excluding hydrogens is 300 g/mol. The minimum atomic E-state index is -0.372. The summed E-state index contributed by atoms with van der Waals surface area (Å²) in [5.74, 6) is -0.301. The van der Waals surface area contributed by atoms with Gasteiger partial charge in [0.15, 0.2) is 5.65 Å². The van der Waals surface area contributed by atoms with Crippen LogP contribution in [-0.4, -0.2) is 38.1 Å². The molecule has 1 atom stereocenters. The summed E-state index contributed by atoms with van der Waals surface area (Å²) in [4.78, 5) is 16.1. The zero-order valence-electron chi connectivity index (χ0n) is 12.6. The van der Waals surface area contributed by atoms with Gasteiger partial charge in [-0.2, -0.15) is 0 Å². The van der Waals surface area contributed by atoms with E-state index >= 15 is 0 Å². The lowest BCUT2D eigenvalue weighted by atomic mass is 10.2.